The molecule has 0 aliphatic carbocycles. The van der Waals surface area contributed by atoms with Gasteiger partial charge in [-0.1, -0.05) is 29.8 Å². The van der Waals surface area contributed by atoms with Crippen LogP contribution in [0.1, 0.15) is 21.5 Å². The van der Waals surface area contributed by atoms with Crippen molar-refractivity contribution in [1.82, 2.24) is 14.5 Å². The highest BCUT2D eigenvalue weighted by molar-refractivity contribution is 6.13. The van der Waals surface area contributed by atoms with Crippen LogP contribution in [0, 0.1) is 6.92 Å². The average molecular weight is 479 g/mol. The molecule has 0 unspecified atom stereocenters. The first-order valence-corrected chi connectivity index (χ1v) is 11.5. The summed E-state index contributed by atoms with van der Waals surface area (Å²) in [6.45, 7) is 4.20. The Morgan fingerprint density at radius 2 is 1.71 bits per heavy atom. The predicted octanol–water partition coefficient (Wildman–Crippen LogP) is 5.53. The van der Waals surface area contributed by atoms with E-state index in [1.165, 1.54) is 6.07 Å². The minimum Gasteiger partial charge on any atom is -0.353 e. The van der Waals surface area contributed by atoms with Gasteiger partial charge in [0.1, 0.15) is 5.82 Å². The summed E-state index contributed by atoms with van der Waals surface area (Å²) < 4.78 is 42.3. The molecule has 3 heterocycles. The van der Waals surface area contributed by atoms with Gasteiger partial charge in [0.05, 0.1) is 16.8 Å². The Balaban J connectivity index is 1.56. The van der Waals surface area contributed by atoms with Crippen LogP contribution >= 0.6 is 0 Å². The maximum absolute atomic E-state index is 13.9. The van der Waals surface area contributed by atoms with E-state index in [0.717, 1.165) is 34.4 Å². The van der Waals surface area contributed by atoms with Crippen molar-refractivity contribution in [3.8, 4) is 11.3 Å². The summed E-state index contributed by atoms with van der Waals surface area (Å²) in [5.74, 6) is 0.694. The van der Waals surface area contributed by atoms with Crippen LogP contribution in [0.15, 0.2) is 66.9 Å². The number of amides is 1. The fraction of sp³-hybridized carbons (Fsp3) is 0.259. The zero-order valence-electron chi connectivity index (χ0n) is 19.5. The molecule has 2 aromatic carbocycles. The number of alkyl halides is 3. The Kier molecular flexibility index (Phi) is 5.75. The average Bonchev–Trinajstić information content (AvgIpc) is 3.15. The summed E-state index contributed by atoms with van der Waals surface area (Å²) in [5, 5.41) is 0.747. The minimum atomic E-state index is -4.47. The fourth-order valence-electron chi connectivity index (χ4n) is 4.79. The van der Waals surface area contributed by atoms with Crippen LogP contribution in [0.2, 0.25) is 0 Å². The number of rotatable bonds is 3. The molecule has 0 N–H and O–H groups in total. The van der Waals surface area contributed by atoms with Gasteiger partial charge < -0.3 is 14.4 Å². The van der Waals surface area contributed by atoms with Gasteiger partial charge in [-0.3, -0.25) is 4.79 Å². The molecule has 0 bridgehead atoms. The third kappa shape index (κ3) is 4.24. The van der Waals surface area contributed by atoms with Gasteiger partial charge in [0.15, 0.2) is 0 Å². The highest BCUT2D eigenvalue weighted by atomic mass is 19.4. The van der Waals surface area contributed by atoms with Crippen molar-refractivity contribution in [1.29, 1.82) is 0 Å². The minimum absolute atomic E-state index is 0.172. The molecular formula is C27H25F3N4O. The molecule has 180 valence electrons. The molecule has 2 aromatic heterocycles. The van der Waals surface area contributed by atoms with Gasteiger partial charge >= 0.3 is 6.18 Å². The number of hydrogen-bond donors (Lipinski definition) is 0. The number of benzene rings is 2. The summed E-state index contributed by atoms with van der Waals surface area (Å²) >= 11 is 0. The van der Waals surface area contributed by atoms with Gasteiger partial charge in [-0.2, -0.15) is 13.2 Å². The van der Waals surface area contributed by atoms with Gasteiger partial charge in [-0.15, -0.1) is 0 Å². The van der Waals surface area contributed by atoms with E-state index < -0.39 is 11.7 Å². The van der Waals surface area contributed by atoms with Crippen molar-refractivity contribution in [2.45, 2.75) is 13.1 Å². The largest absolute Gasteiger partial charge is 0.416 e. The quantitative estimate of drug-likeness (QED) is 0.389. The molecule has 1 aliphatic heterocycles. The Labute approximate surface area is 201 Å². The van der Waals surface area contributed by atoms with Gasteiger partial charge in [0, 0.05) is 50.3 Å². The third-order valence-corrected chi connectivity index (χ3v) is 6.57. The number of carbonyl (C=O) groups excluding carboxylic acids is 1. The first-order chi connectivity index (χ1) is 16.7. The third-order valence-electron chi connectivity index (χ3n) is 6.57. The molecule has 4 aromatic rings. The molecule has 35 heavy (non-hydrogen) atoms. The van der Waals surface area contributed by atoms with E-state index in [1.54, 1.807) is 24.2 Å². The fourth-order valence-corrected chi connectivity index (χ4v) is 4.79. The van der Waals surface area contributed by atoms with E-state index in [0.29, 0.717) is 43.0 Å². The van der Waals surface area contributed by atoms with Crippen molar-refractivity contribution >= 4 is 22.6 Å². The van der Waals surface area contributed by atoms with E-state index >= 15 is 0 Å². The van der Waals surface area contributed by atoms with Crippen molar-refractivity contribution in [2.75, 3.05) is 31.1 Å². The highest BCUT2D eigenvalue weighted by Gasteiger charge is 2.33. The number of aryl methyl sites for hydroxylation is 2. The first kappa shape index (κ1) is 23.0. The molecule has 5 rings (SSSR count). The molecule has 0 radical (unpaired) electrons. The van der Waals surface area contributed by atoms with Crippen LogP contribution in [0.3, 0.4) is 0 Å². The summed E-state index contributed by atoms with van der Waals surface area (Å²) in [5.41, 5.74) is 2.35. The van der Waals surface area contributed by atoms with Crippen LogP contribution in [-0.4, -0.2) is 46.5 Å². The number of aromatic nitrogens is 2. The van der Waals surface area contributed by atoms with Gasteiger partial charge in [-0.25, -0.2) is 4.98 Å². The monoisotopic (exact) mass is 478 g/mol. The van der Waals surface area contributed by atoms with Crippen molar-refractivity contribution in [3.63, 3.8) is 0 Å². The Bertz CT molecular complexity index is 1390. The maximum Gasteiger partial charge on any atom is 0.416 e. The molecule has 1 saturated heterocycles. The number of carbonyl (C=O) groups is 1. The molecule has 0 spiro atoms. The highest BCUT2D eigenvalue weighted by Crippen LogP contribution is 2.37. The number of fused-ring (bicyclic) bond motifs is 1. The lowest BCUT2D eigenvalue weighted by molar-refractivity contribution is -0.137. The summed E-state index contributed by atoms with van der Waals surface area (Å²) in [6.07, 6.45) is -2.73. The molecule has 1 fully saturated rings. The van der Waals surface area contributed by atoms with Crippen molar-refractivity contribution in [3.05, 3.63) is 83.6 Å². The van der Waals surface area contributed by atoms with E-state index in [1.807, 2.05) is 47.9 Å². The van der Waals surface area contributed by atoms with Crippen LogP contribution in [0.4, 0.5) is 19.0 Å². The molecule has 1 amide bonds. The zero-order chi connectivity index (χ0) is 24.7. The van der Waals surface area contributed by atoms with Crippen LogP contribution in [-0.2, 0) is 13.2 Å². The maximum atomic E-state index is 13.9. The van der Waals surface area contributed by atoms with Crippen molar-refractivity contribution < 1.29 is 18.0 Å². The zero-order valence-corrected chi connectivity index (χ0v) is 19.5. The summed E-state index contributed by atoms with van der Waals surface area (Å²) in [7, 11) is 1.79. The summed E-state index contributed by atoms with van der Waals surface area (Å²) in [4.78, 5) is 22.2. The van der Waals surface area contributed by atoms with E-state index in [9.17, 15) is 18.0 Å². The second kappa shape index (κ2) is 8.76. The number of hydrogen-bond acceptors (Lipinski definition) is 3. The van der Waals surface area contributed by atoms with Crippen molar-refractivity contribution in [2.24, 2.45) is 7.05 Å². The number of halogens is 3. The SMILES string of the molecule is Cc1ccc2c(c1)c(C(=O)N1CCN(c3ccccn3)CC1)c(-c1cccc(C(F)(F)F)c1)n2C. The number of nitrogens with zero attached hydrogens (tertiary/aromatic N) is 4. The molecule has 0 atom stereocenters. The predicted molar refractivity (Wildman–Crippen MR) is 130 cm³/mol. The van der Waals surface area contributed by atoms with Gasteiger partial charge in [0.25, 0.3) is 5.91 Å². The molecule has 1 aliphatic rings. The lowest BCUT2D eigenvalue weighted by Gasteiger charge is -2.35. The normalized spacial score (nSPS) is 14.5. The van der Waals surface area contributed by atoms with Crippen LogP contribution in [0.5, 0.6) is 0 Å². The number of pyridine rings is 1. The Morgan fingerprint density at radius 3 is 2.40 bits per heavy atom. The Hall–Kier alpha value is -3.81. The lowest BCUT2D eigenvalue weighted by Crippen LogP contribution is -2.49. The standard InChI is InChI=1S/C27H25F3N4O/c1-18-9-10-22-21(16-18)24(25(32(22)2)19-6-5-7-20(17-19)27(28,29)30)26(35)34-14-12-33(13-15-34)23-8-3-4-11-31-23/h3-11,16-17H,12-15H2,1-2H3. The van der Waals surface area contributed by atoms with E-state index in [-0.39, 0.29) is 5.91 Å². The molecule has 8 heteroatoms. The second-order valence-corrected chi connectivity index (χ2v) is 8.85. The summed E-state index contributed by atoms with van der Waals surface area (Å²) in [6, 6.07) is 16.7. The molecule has 5 nitrogen and oxygen atoms in total. The van der Waals surface area contributed by atoms with E-state index in [2.05, 4.69) is 9.88 Å². The van der Waals surface area contributed by atoms with Crippen LogP contribution in [0.25, 0.3) is 22.2 Å². The Morgan fingerprint density at radius 1 is 0.943 bits per heavy atom. The number of anilines is 1. The van der Waals surface area contributed by atoms with Crippen LogP contribution < -0.4 is 4.90 Å². The molecule has 0 saturated carbocycles. The van der Waals surface area contributed by atoms with E-state index in [4.69, 9.17) is 0 Å². The van der Waals surface area contributed by atoms with Gasteiger partial charge in [-0.05, 0) is 48.9 Å². The topological polar surface area (TPSA) is 41.4 Å². The smallest absolute Gasteiger partial charge is 0.353 e. The number of piperazine rings is 1. The van der Waals surface area contributed by atoms with Gasteiger partial charge in [0.2, 0.25) is 0 Å². The first-order valence-electron chi connectivity index (χ1n) is 11.5. The molecular weight excluding hydrogens is 453 g/mol. The lowest BCUT2D eigenvalue weighted by atomic mass is 10.0. The second-order valence-electron chi connectivity index (χ2n) is 8.85.